The number of carboxylic acid groups (broad SMARTS) is 1. The van der Waals surface area contributed by atoms with Crippen LogP contribution in [0, 0.1) is 6.92 Å². The molecule has 3 heterocycles. The van der Waals surface area contributed by atoms with Crippen molar-refractivity contribution in [3.63, 3.8) is 0 Å². The standard InChI is InChI=1S/C39H47ClN4O5/c1-9-13-25(3)48-31-17-12-16-29(40)34(31)28-15-11-14-27(23-28)30-24-32-41-26(4)33(35(37(45)46)49-38(5,6)7)36(44(32)42-30)43-20-18-39(8,19-21-43)47-22-10-2/h9-12,14-17,23-25,35H,1-2,13,18-22H2,3-8H3,(H,45,46)/t25-,35?/m0/s1. The first-order valence-corrected chi connectivity index (χ1v) is 17.1. The largest absolute Gasteiger partial charge is 0.490 e. The van der Waals surface area contributed by atoms with Crippen LogP contribution in [-0.2, 0) is 14.3 Å². The molecule has 0 aliphatic carbocycles. The molecule has 1 fully saturated rings. The lowest BCUT2D eigenvalue weighted by atomic mass is 9.92. The number of carbonyl (C=O) groups is 1. The molecule has 0 spiro atoms. The summed E-state index contributed by atoms with van der Waals surface area (Å²) in [6.45, 7) is 20.9. The van der Waals surface area contributed by atoms with Gasteiger partial charge < -0.3 is 24.2 Å². The Hall–Kier alpha value is -4.18. The number of hydrogen-bond acceptors (Lipinski definition) is 7. The number of rotatable bonds is 13. The molecule has 260 valence electrons. The Kier molecular flexibility index (Phi) is 10.9. The molecule has 0 radical (unpaired) electrons. The number of aliphatic carboxylic acids is 1. The third-order valence-corrected chi connectivity index (χ3v) is 9.00. The van der Waals surface area contributed by atoms with E-state index in [0.29, 0.717) is 65.3 Å². The van der Waals surface area contributed by atoms with E-state index in [4.69, 9.17) is 35.9 Å². The van der Waals surface area contributed by atoms with Gasteiger partial charge in [-0.25, -0.2) is 9.78 Å². The molecule has 49 heavy (non-hydrogen) atoms. The van der Waals surface area contributed by atoms with Crippen molar-refractivity contribution in [2.24, 2.45) is 0 Å². The highest BCUT2D eigenvalue weighted by molar-refractivity contribution is 6.33. The fourth-order valence-electron chi connectivity index (χ4n) is 6.27. The highest BCUT2D eigenvalue weighted by atomic mass is 35.5. The molecule has 2 aromatic heterocycles. The summed E-state index contributed by atoms with van der Waals surface area (Å²) in [4.78, 5) is 19.9. The van der Waals surface area contributed by atoms with Crippen molar-refractivity contribution in [2.75, 3.05) is 24.6 Å². The lowest BCUT2D eigenvalue weighted by molar-refractivity contribution is -0.160. The van der Waals surface area contributed by atoms with Gasteiger partial charge in [-0.3, -0.25) is 0 Å². The number of aryl methyl sites for hydroxylation is 1. The van der Waals surface area contributed by atoms with Crippen LogP contribution in [0.5, 0.6) is 5.75 Å². The molecule has 1 aliphatic rings. The first-order chi connectivity index (χ1) is 23.2. The van der Waals surface area contributed by atoms with Gasteiger partial charge in [0.15, 0.2) is 11.8 Å². The zero-order chi connectivity index (χ0) is 35.5. The number of fused-ring (bicyclic) bond motifs is 1. The van der Waals surface area contributed by atoms with E-state index >= 15 is 0 Å². The topological polar surface area (TPSA) is 98.4 Å². The second-order valence-corrected chi connectivity index (χ2v) is 14.3. The predicted octanol–water partition coefficient (Wildman–Crippen LogP) is 8.87. The number of carboxylic acids is 1. The Balaban J connectivity index is 1.63. The van der Waals surface area contributed by atoms with E-state index < -0.39 is 17.7 Å². The number of anilines is 1. The van der Waals surface area contributed by atoms with E-state index in [1.807, 2.05) is 89.2 Å². The van der Waals surface area contributed by atoms with Crippen LogP contribution >= 0.6 is 11.6 Å². The molecule has 1 aliphatic heterocycles. The molecule has 1 saturated heterocycles. The van der Waals surface area contributed by atoms with Crippen molar-refractivity contribution in [1.82, 2.24) is 14.6 Å². The van der Waals surface area contributed by atoms with E-state index in [1.54, 1.807) is 10.6 Å². The summed E-state index contributed by atoms with van der Waals surface area (Å²) in [6.07, 6.45) is 4.45. The number of nitrogens with zero attached hydrogens (tertiary/aromatic N) is 4. The summed E-state index contributed by atoms with van der Waals surface area (Å²) in [5.74, 6) is 0.258. The number of piperidine rings is 1. The summed E-state index contributed by atoms with van der Waals surface area (Å²) in [6, 6.07) is 15.6. The first-order valence-electron chi connectivity index (χ1n) is 16.7. The summed E-state index contributed by atoms with van der Waals surface area (Å²) in [5, 5.41) is 16.1. The maximum absolute atomic E-state index is 12.8. The van der Waals surface area contributed by atoms with Gasteiger partial charge in [0.2, 0.25) is 0 Å². The minimum atomic E-state index is -1.25. The third-order valence-electron chi connectivity index (χ3n) is 8.68. The fourth-order valence-corrected chi connectivity index (χ4v) is 6.54. The monoisotopic (exact) mass is 686 g/mol. The van der Waals surface area contributed by atoms with Crippen molar-refractivity contribution in [1.29, 1.82) is 0 Å². The number of benzene rings is 2. The van der Waals surface area contributed by atoms with Crippen molar-refractivity contribution < 1.29 is 24.1 Å². The van der Waals surface area contributed by atoms with Crippen LogP contribution in [0.1, 0.15) is 71.2 Å². The Morgan fingerprint density at radius 3 is 2.45 bits per heavy atom. The van der Waals surface area contributed by atoms with E-state index in [1.165, 1.54) is 0 Å². The Bertz CT molecular complexity index is 1840. The van der Waals surface area contributed by atoms with Gasteiger partial charge in [-0.15, -0.1) is 13.2 Å². The van der Waals surface area contributed by atoms with Crippen LogP contribution in [0.3, 0.4) is 0 Å². The molecule has 0 amide bonds. The van der Waals surface area contributed by atoms with Crippen LogP contribution in [-0.4, -0.2) is 62.7 Å². The zero-order valence-electron chi connectivity index (χ0n) is 29.3. The molecule has 5 rings (SSSR count). The molecule has 1 N–H and O–H groups in total. The molecule has 0 bridgehead atoms. The van der Waals surface area contributed by atoms with Gasteiger partial charge in [-0.1, -0.05) is 48.0 Å². The van der Waals surface area contributed by atoms with Gasteiger partial charge in [0.25, 0.3) is 0 Å². The van der Waals surface area contributed by atoms with Crippen LogP contribution < -0.4 is 9.64 Å². The summed E-state index contributed by atoms with van der Waals surface area (Å²) in [5.41, 5.74) is 3.83. The fraction of sp³-hybridized carbons (Fsp3) is 0.410. The van der Waals surface area contributed by atoms with Crippen molar-refractivity contribution in [3.8, 4) is 28.1 Å². The van der Waals surface area contributed by atoms with Crippen LogP contribution in [0.15, 0.2) is 73.8 Å². The highest BCUT2D eigenvalue weighted by Gasteiger charge is 2.37. The van der Waals surface area contributed by atoms with E-state index in [9.17, 15) is 9.90 Å². The van der Waals surface area contributed by atoms with Crippen LogP contribution in [0.4, 0.5) is 5.82 Å². The quantitative estimate of drug-likeness (QED) is 0.139. The third kappa shape index (κ3) is 8.18. The summed E-state index contributed by atoms with van der Waals surface area (Å²) in [7, 11) is 0. The Labute approximate surface area is 294 Å². The van der Waals surface area contributed by atoms with Gasteiger partial charge in [-0.05, 0) is 78.1 Å². The summed E-state index contributed by atoms with van der Waals surface area (Å²) >= 11 is 6.77. The van der Waals surface area contributed by atoms with Crippen molar-refractivity contribution in [3.05, 3.63) is 90.1 Å². The van der Waals surface area contributed by atoms with E-state index in [0.717, 1.165) is 29.5 Å². The SMILES string of the molecule is C=CCOC1(C)CCN(c2c(C(OC(C)(C)C)C(=O)O)c(C)nc3cc(-c4cccc(-c5c(Cl)cccc5O[C@@H](C)CC=C)c4)nn23)CC1. The molecule has 2 atom stereocenters. The molecule has 2 aromatic carbocycles. The van der Waals surface area contributed by atoms with Gasteiger partial charge in [0, 0.05) is 42.4 Å². The Morgan fingerprint density at radius 2 is 1.80 bits per heavy atom. The number of halogens is 1. The normalized spacial score (nSPS) is 15.9. The molecule has 0 saturated carbocycles. The maximum atomic E-state index is 12.8. The minimum Gasteiger partial charge on any atom is -0.490 e. The van der Waals surface area contributed by atoms with E-state index in [-0.39, 0.29) is 11.7 Å². The lowest BCUT2D eigenvalue weighted by Gasteiger charge is -2.41. The second-order valence-electron chi connectivity index (χ2n) is 13.9. The average molecular weight is 687 g/mol. The minimum absolute atomic E-state index is 0.0728. The van der Waals surface area contributed by atoms with Gasteiger partial charge >= 0.3 is 5.97 Å². The van der Waals surface area contributed by atoms with Gasteiger partial charge in [0.1, 0.15) is 11.6 Å². The first kappa shape index (κ1) is 36.1. The highest BCUT2D eigenvalue weighted by Crippen LogP contribution is 2.41. The van der Waals surface area contributed by atoms with Crippen molar-refractivity contribution >= 4 is 29.0 Å². The maximum Gasteiger partial charge on any atom is 0.337 e. The number of hydrogen-bond donors (Lipinski definition) is 1. The second kappa shape index (κ2) is 14.7. The lowest BCUT2D eigenvalue weighted by Crippen LogP contribution is -2.45. The Morgan fingerprint density at radius 1 is 1.10 bits per heavy atom. The van der Waals surface area contributed by atoms with Crippen LogP contribution in [0.25, 0.3) is 28.0 Å². The number of aromatic nitrogens is 3. The molecule has 4 aromatic rings. The van der Waals surface area contributed by atoms with Crippen molar-refractivity contribution in [2.45, 2.75) is 84.2 Å². The number of ether oxygens (including phenoxy) is 3. The smallest absolute Gasteiger partial charge is 0.337 e. The van der Waals surface area contributed by atoms with Gasteiger partial charge in [-0.2, -0.15) is 9.61 Å². The molecular formula is C39H47ClN4O5. The molecule has 9 nitrogen and oxygen atoms in total. The van der Waals surface area contributed by atoms with E-state index in [2.05, 4.69) is 25.0 Å². The predicted molar refractivity (Wildman–Crippen MR) is 196 cm³/mol. The average Bonchev–Trinajstić information content (AvgIpc) is 3.46. The molecular weight excluding hydrogens is 640 g/mol. The molecule has 1 unspecified atom stereocenters. The summed E-state index contributed by atoms with van der Waals surface area (Å²) < 4.78 is 20.4. The zero-order valence-corrected chi connectivity index (χ0v) is 30.1. The van der Waals surface area contributed by atoms with Crippen LogP contribution in [0.2, 0.25) is 5.02 Å². The molecule has 10 heteroatoms. The van der Waals surface area contributed by atoms with Gasteiger partial charge in [0.05, 0.1) is 40.2 Å².